The van der Waals surface area contributed by atoms with Crippen molar-refractivity contribution in [3.63, 3.8) is 0 Å². The van der Waals surface area contributed by atoms with Gasteiger partial charge in [0.25, 0.3) is 0 Å². The second-order valence-electron chi connectivity index (χ2n) is 6.52. The van der Waals surface area contributed by atoms with Gasteiger partial charge in [0.15, 0.2) is 0 Å². The molecular weight excluding hydrogens is 278 g/mol. The third kappa shape index (κ3) is 3.16. The van der Waals surface area contributed by atoms with Gasteiger partial charge in [-0.05, 0) is 55.6 Å². The Hall–Kier alpha value is -1.84. The average Bonchev–Trinajstić information content (AvgIpc) is 2.54. The Morgan fingerprint density at radius 2 is 1.91 bits per heavy atom. The summed E-state index contributed by atoms with van der Waals surface area (Å²) < 4.78 is 0. The number of fused-ring (bicyclic) bond motifs is 1. The number of hydrogen-bond donors (Lipinski definition) is 1. The minimum Gasteiger partial charge on any atom is -0.480 e. The number of likely N-dealkylation sites (tertiary alicyclic amines) is 1. The lowest BCUT2D eigenvalue weighted by Gasteiger charge is -2.34. The van der Waals surface area contributed by atoms with E-state index in [9.17, 15) is 14.7 Å². The van der Waals surface area contributed by atoms with Crippen LogP contribution in [0.4, 0.5) is 0 Å². The Morgan fingerprint density at radius 3 is 2.68 bits per heavy atom. The highest BCUT2D eigenvalue weighted by Gasteiger charge is 2.33. The van der Waals surface area contributed by atoms with Gasteiger partial charge in [-0.25, -0.2) is 4.79 Å². The highest BCUT2D eigenvalue weighted by Crippen LogP contribution is 2.29. The van der Waals surface area contributed by atoms with Gasteiger partial charge in [0, 0.05) is 13.0 Å². The Balaban J connectivity index is 1.63. The van der Waals surface area contributed by atoms with E-state index in [0.717, 1.165) is 32.1 Å². The molecule has 4 nitrogen and oxygen atoms in total. The molecule has 2 aliphatic rings. The van der Waals surface area contributed by atoms with Gasteiger partial charge in [0.1, 0.15) is 6.04 Å². The van der Waals surface area contributed by atoms with Gasteiger partial charge in [0.05, 0.1) is 0 Å². The molecule has 1 saturated heterocycles. The average molecular weight is 301 g/mol. The van der Waals surface area contributed by atoms with Gasteiger partial charge < -0.3 is 10.0 Å². The number of carboxylic acids is 1. The summed E-state index contributed by atoms with van der Waals surface area (Å²) in [5.41, 5.74) is 2.74. The van der Waals surface area contributed by atoms with Crippen LogP contribution in [0.1, 0.15) is 43.2 Å². The number of carbonyl (C=O) groups is 2. The fraction of sp³-hybridized carbons (Fsp3) is 0.556. The Morgan fingerprint density at radius 1 is 1.14 bits per heavy atom. The Kier molecular flexibility index (Phi) is 4.46. The van der Waals surface area contributed by atoms with Crippen LogP contribution in [-0.2, 0) is 22.4 Å². The van der Waals surface area contributed by atoms with E-state index in [1.165, 1.54) is 11.1 Å². The summed E-state index contributed by atoms with van der Waals surface area (Å²) in [4.78, 5) is 25.5. The smallest absolute Gasteiger partial charge is 0.326 e. The maximum atomic E-state index is 12.6. The molecule has 1 heterocycles. The minimum atomic E-state index is -0.859. The Bertz CT molecular complexity index is 569. The van der Waals surface area contributed by atoms with E-state index in [2.05, 4.69) is 18.2 Å². The van der Waals surface area contributed by atoms with Crippen LogP contribution < -0.4 is 0 Å². The normalized spacial score (nSPS) is 24.6. The number of nitrogens with zero attached hydrogens (tertiary/aromatic N) is 1. The van der Waals surface area contributed by atoms with Crippen molar-refractivity contribution in [2.24, 2.45) is 5.92 Å². The first-order valence-electron chi connectivity index (χ1n) is 8.24. The van der Waals surface area contributed by atoms with Crippen LogP contribution in [0, 0.1) is 5.92 Å². The molecule has 1 aromatic rings. The second kappa shape index (κ2) is 6.51. The van der Waals surface area contributed by atoms with E-state index in [1.54, 1.807) is 4.90 Å². The van der Waals surface area contributed by atoms with Crippen molar-refractivity contribution in [1.82, 2.24) is 4.90 Å². The lowest BCUT2D eigenvalue weighted by atomic mass is 9.82. The van der Waals surface area contributed by atoms with Crippen LogP contribution in [0.25, 0.3) is 0 Å². The first kappa shape index (κ1) is 15.1. The summed E-state index contributed by atoms with van der Waals surface area (Å²) >= 11 is 0. The van der Waals surface area contributed by atoms with E-state index in [4.69, 9.17) is 0 Å². The van der Waals surface area contributed by atoms with E-state index >= 15 is 0 Å². The zero-order chi connectivity index (χ0) is 15.5. The highest BCUT2D eigenvalue weighted by atomic mass is 16.4. The van der Waals surface area contributed by atoms with Gasteiger partial charge in [-0.15, -0.1) is 0 Å². The quantitative estimate of drug-likeness (QED) is 0.933. The van der Waals surface area contributed by atoms with Crippen LogP contribution in [0.2, 0.25) is 0 Å². The van der Waals surface area contributed by atoms with Crippen LogP contribution in [-0.4, -0.2) is 34.5 Å². The van der Waals surface area contributed by atoms with Gasteiger partial charge in [-0.2, -0.15) is 0 Å². The predicted molar refractivity (Wildman–Crippen MR) is 83.6 cm³/mol. The van der Waals surface area contributed by atoms with E-state index in [-0.39, 0.29) is 5.91 Å². The number of rotatable bonds is 3. The molecule has 1 aliphatic carbocycles. The van der Waals surface area contributed by atoms with Gasteiger partial charge in [0.2, 0.25) is 5.91 Å². The van der Waals surface area contributed by atoms with Crippen molar-refractivity contribution in [3.05, 3.63) is 35.4 Å². The highest BCUT2D eigenvalue weighted by molar-refractivity contribution is 5.84. The maximum Gasteiger partial charge on any atom is 0.326 e. The van der Waals surface area contributed by atoms with E-state index < -0.39 is 12.0 Å². The molecule has 1 aliphatic heterocycles. The molecule has 0 spiro atoms. The fourth-order valence-electron chi connectivity index (χ4n) is 3.80. The minimum absolute atomic E-state index is 0.0245. The number of hydrogen-bond acceptors (Lipinski definition) is 2. The zero-order valence-corrected chi connectivity index (χ0v) is 12.8. The summed E-state index contributed by atoms with van der Waals surface area (Å²) in [5.74, 6) is -0.489. The van der Waals surface area contributed by atoms with Crippen LogP contribution in [0.15, 0.2) is 24.3 Å². The fourth-order valence-corrected chi connectivity index (χ4v) is 3.80. The summed E-state index contributed by atoms with van der Waals surface area (Å²) in [6.07, 6.45) is 5.88. The standard InChI is InChI=1S/C18H23NO3/c20-17(19-10-4-3-7-16(19)18(21)22)12-13-8-9-14-5-1-2-6-15(14)11-13/h1-2,5-6,13,16H,3-4,7-12H2,(H,21,22). The predicted octanol–water partition coefficient (Wildman–Crippen LogP) is 2.65. The number of amides is 1. The van der Waals surface area contributed by atoms with Crippen molar-refractivity contribution in [1.29, 1.82) is 0 Å². The van der Waals surface area contributed by atoms with Crippen molar-refractivity contribution < 1.29 is 14.7 Å². The third-order valence-corrected chi connectivity index (χ3v) is 5.02. The topological polar surface area (TPSA) is 57.6 Å². The maximum absolute atomic E-state index is 12.6. The number of carboxylic acid groups (broad SMARTS) is 1. The number of piperidine rings is 1. The number of carbonyl (C=O) groups excluding carboxylic acids is 1. The van der Waals surface area contributed by atoms with Crippen molar-refractivity contribution in [2.75, 3.05) is 6.54 Å². The van der Waals surface area contributed by atoms with Crippen LogP contribution >= 0.6 is 0 Å². The number of aryl methyl sites for hydroxylation is 1. The van der Waals surface area contributed by atoms with Crippen molar-refractivity contribution >= 4 is 11.9 Å². The molecule has 0 saturated carbocycles. The molecule has 1 fully saturated rings. The SMILES string of the molecule is O=C(O)C1CCCCN1C(=O)CC1CCc2ccccc2C1. The summed E-state index contributed by atoms with van der Waals surface area (Å²) in [6.45, 7) is 0.596. The zero-order valence-electron chi connectivity index (χ0n) is 12.8. The monoisotopic (exact) mass is 301 g/mol. The molecule has 0 aromatic heterocycles. The first-order chi connectivity index (χ1) is 10.6. The number of benzene rings is 1. The summed E-state index contributed by atoms with van der Waals surface area (Å²) in [5, 5.41) is 9.30. The molecule has 1 aromatic carbocycles. The van der Waals surface area contributed by atoms with Crippen LogP contribution in [0.3, 0.4) is 0 Å². The molecule has 2 unspecified atom stereocenters. The third-order valence-electron chi connectivity index (χ3n) is 5.02. The molecule has 2 atom stereocenters. The molecule has 3 rings (SSSR count). The van der Waals surface area contributed by atoms with E-state index in [0.29, 0.717) is 25.3 Å². The Labute approximate surface area is 131 Å². The van der Waals surface area contributed by atoms with Gasteiger partial charge in [-0.3, -0.25) is 4.79 Å². The van der Waals surface area contributed by atoms with Crippen LogP contribution in [0.5, 0.6) is 0 Å². The molecule has 0 radical (unpaired) electrons. The molecule has 0 bridgehead atoms. The molecular formula is C18H23NO3. The number of aliphatic carboxylic acids is 1. The molecule has 22 heavy (non-hydrogen) atoms. The summed E-state index contributed by atoms with van der Waals surface area (Å²) in [7, 11) is 0. The van der Waals surface area contributed by atoms with Gasteiger partial charge in [-0.1, -0.05) is 24.3 Å². The van der Waals surface area contributed by atoms with Crippen molar-refractivity contribution in [2.45, 2.75) is 51.0 Å². The lowest BCUT2D eigenvalue weighted by Crippen LogP contribution is -2.48. The molecule has 1 N–H and O–H groups in total. The molecule has 118 valence electrons. The largest absolute Gasteiger partial charge is 0.480 e. The molecule has 1 amide bonds. The first-order valence-corrected chi connectivity index (χ1v) is 8.24. The lowest BCUT2D eigenvalue weighted by molar-refractivity contribution is -0.152. The van der Waals surface area contributed by atoms with E-state index in [1.807, 2.05) is 6.07 Å². The summed E-state index contributed by atoms with van der Waals surface area (Å²) in [6, 6.07) is 7.81. The second-order valence-corrected chi connectivity index (χ2v) is 6.52. The van der Waals surface area contributed by atoms with Gasteiger partial charge >= 0.3 is 5.97 Å². The van der Waals surface area contributed by atoms with Crippen molar-refractivity contribution in [3.8, 4) is 0 Å². The molecule has 4 heteroatoms.